The Morgan fingerprint density at radius 2 is 1.62 bits per heavy atom. The zero-order valence-electron chi connectivity index (χ0n) is 4.78. The molecule has 0 bridgehead atoms. The first-order valence-electron chi connectivity index (χ1n) is 2.93. The molecule has 0 aromatic carbocycles. The van der Waals surface area contributed by atoms with Gasteiger partial charge in [-0.05, 0) is 19.8 Å². The van der Waals surface area contributed by atoms with Crippen molar-refractivity contribution in [3.63, 3.8) is 0 Å². The molecule has 0 amide bonds. The van der Waals surface area contributed by atoms with Gasteiger partial charge in [0.05, 0.1) is 5.60 Å². The van der Waals surface area contributed by atoms with Crippen LogP contribution in [0, 0.1) is 0 Å². The molecule has 1 aliphatic rings. The summed E-state index contributed by atoms with van der Waals surface area (Å²) in [7, 11) is 0. The molecule has 0 saturated heterocycles. The van der Waals surface area contributed by atoms with Crippen LogP contribution in [-0.4, -0.2) is 62.1 Å². The molecule has 1 N–H and O–H groups in total. The van der Waals surface area contributed by atoms with E-state index in [1.807, 2.05) is 6.92 Å². The molecule has 0 spiro atoms. The predicted molar refractivity (Wildman–Crippen MR) is 36.2 cm³/mol. The van der Waals surface area contributed by atoms with E-state index in [1.54, 1.807) is 0 Å². The molecule has 1 nitrogen and oxygen atoms in total. The van der Waals surface area contributed by atoms with Gasteiger partial charge in [0.15, 0.2) is 0 Å². The quantitative estimate of drug-likeness (QED) is 0.490. The fourth-order valence-corrected chi connectivity index (χ4v) is 1.14. The third-order valence-electron chi connectivity index (χ3n) is 1.68. The third kappa shape index (κ3) is 2.94. The minimum absolute atomic E-state index is 0. The average Bonchev–Trinajstić information content (AvgIpc) is 1.84. The summed E-state index contributed by atoms with van der Waals surface area (Å²) in [5.41, 5.74) is -0.306. The Morgan fingerprint density at radius 3 is 1.75 bits per heavy atom. The Kier molecular flexibility index (Phi) is 4.42. The monoisotopic (exact) mass is 140 g/mol. The van der Waals surface area contributed by atoms with E-state index in [4.69, 9.17) is 0 Å². The van der Waals surface area contributed by atoms with Gasteiger partial charge in [-0.2, -0.15) is 0 Å². The van der Waals surface area contributed by atoms with Crippen molar-refractivity contribution in [2.24, 2.45) is 0 Å². The van der Waals surface area contributed by atoms with Gasteiger partial charge in [-0.1, -0.05) is 12.8 Å². The van der Waals surface area contributed by atoms with E-state index >= 15 is 0 Å². The molecule has 0 aromatic rings. The van der Waals surface area contributed by atoms with E-state index in [0.29, 0.717) is 0 Å². The van der Waals surface area contributed by atoms with E-state index in [-0.39, 0.29) is 57.0 Å². The van der Waals surface area contributed by atoms with Gasteiger partial charge >= 0.3 is 51.4 Å². The van der Waals surface area contributed by atoms with Crippen molar-refractivity contribution in [3.8, 4) is 0 Å². The van der Waals surface area contributed by atoms with Gasteiger partial charge in [0.25, 0.3) is 0 Å². The van der Waals surface area contributed by atoms with Crippen LogP contribution in [0.1, 0.15) is 32.6 Å². The molecule has 8 heavy (non-hydrogen) atoms. The van der Waals surface area contributed by atoms with E-state index in [2.05, 4.69) is 0 Å². The number of hydrogen-bond donors (Lipinski definition) is 1. The average molecular weight is 140 g/mol. The molecular weight excluding hydrogens is 127 g/mol. The molecule has 44 valence electrons. The summed E-state index contributed by atoms with van der Waals surface area (Å²) in [6.45, 7) is 1.92. The van der Waals surface area contributed by atoms with Gasteiger partial charge in [-0.15, -0.1) is 0 Å². The van der Waals surface area contributed by atoms with Crippen LogP contribution in [0.25, 0.3) is 0 Å². The van der Waals surface area contributed by atoms with Crippen LogP contribution in [0.3, 0.4) is 0 Å². The van der Waals surface area contributed by atoms with Crippen molar-refractivity contribution in [3.05, 3.63) is 0 Å². The number of aliphatic hydroxyl groups is 1. The third-order valence-corrected chi connectivity index (χ3v) is 1.68. The molecule has 0 heterocycles. The Morgan fingerprint density at radius 1 is 1.25 bits per heavy atom. The molecule has 0 aromatic heterocycles. The normalized spacial score (nSPS) is 24.8. The second-order valence-corrected chi connectivity index (χ2v) is 2.70. The Balaban J connectivity index is 0.000000490. The first-order chi connectivity index (χ1) is 3.21. The molecule has 1 aliphatic carbocycles. The van der Waals surface area contributed by atoms with E-state index < -0.39 is 0 Å². The van der Waals surface area contributed by atoms with Crippen LogP contribution < -0.4 is 0 Å². The summed E-state index contributed by atoms with van der Waals surface area (Å²) in [5, 5.41) is 9.19. The summed E-state index contributed by atoms with van der Waals surface area (Å²) in [6, 6.07) is 0. The Bertz CT molecular complexity index is 62.9. The summed E-state index contributed by atoms with van der Waals surface area (Å²) in [6.07, 6.45) is 4.44. The van der Waals surface area contributed by atoms with E-state index in [1.165, 1.54) is 12.8 Å². The van der Waals surface area contributed by atoms with Crippen LogP contribution >= 0.6 is 0 Å². The van der Waals surface area contributed by atoms with Crippen molar-refractivity contribution in [1.29, 1.82) is 0 Å². The summed E-state index contributed by atoms with van der Waals surface area (Å²) in [4.78, 5) is 0. The van der Waals surface area contributed by atoms with Crippen LogP contribution in [0.15, 0.2) is 0 Å². The first-order valence-corrected chi connectivity index (χ1v) is 2.93. The van der Waals surface area contributed by atoms with Gasteiger partial charge in [-0.25, -0.2) is 0 Å². The molecule has 0 atom stereocenters. The van der Waals surface area contributed by atoms with Gasteiger partial charge in [-0.3, -0.25) is 0 Å². The fraction of sp³-hybridized carbons (Fsp3) is 1.00. The van der Waals surface area contributed by atoms with Gasteiger partial charge in [0.1, 0.15) is 0 Å². The molecule has 1 fully saturated rings. The molecule has 1 saturated carbocycles. The standard InChI is InChI=1S/C6H12O.K.H/c1-6(7)4-2-3-5-6;;/h7H,2-5H2,1H3;;. The second-order valence-electron chi connectivity index (χ2n) is 2.70. The molecule has 0 radical (unpaired) electrons. The van der Waals surface area contributed by atoms with Crippen molar-refractivity contribution in [2.45, 2.75) is 38.2 Å². The number of hydrogen-bond acceptors (Lipinski definition) is 1. The van der Waals surface area contributed by atoms with Crippen molar-refractivity contribution >= 4 is 51.4 Å². The summed E-state index contributed by atoms with van der Waals surface area (Å²) >= 11 is 0. The van der Waals surface area contributed by atoms with Gasteiger partial charge in [0, 0.05) is 0 Å². The van der Waals surface area contributed by atoms with Crippen molar-refractivity contribution in [1.82, 2.24) is 0 Å². The Labute approximate surface area is 93.3 Å². The second kappa shape index (κ2) is 3.69. The topological polar surface area (TPSA) is 20.2 Å². The molecule has 0 aliphatic heterocycles. The molecule has 2 heteroatoms. The fourth-order valence-electron chi connectivity index (χ4n) is 1.14. The van der Waals surface area contributed by atoms with Crippen LogP contribution in [0.4, 0.5) is 0 Å². The van der Waals surface area contributed by atoms with Crippen molar-refractivity contribution in [2.75, 3.05) is 0 Å². The first kappa shape index (κ1) is 9.60. The molecule has 0 unspecified atom stereocenters. The predicted octanol–water partition coefficient (Wildman–Crippen LogP) is 0.663. The maximum atomic E-state index is 9.19. The SMILES string of the molecule is CC1(O)CCCC1.[KH]. The zero-order chi connectivity index (χ0) is 5.33. The van der Waals surface area contributed by atoms with Gasteiger partial charge in [0.2, 0.25) is 0 Å². The minimum atomic E-state index is -0.306. The van der Waals surface area contributed by atoms with Crippen LogP contribution in [-0.2, 0) is 0 Å². The summed E-state index contributed by atoms with van der Waals surface area (Å²) < 4.78 is 0. The van der Waals surface area contributed by atoms with Crippen LogP contribution in [0.2, 0.25) is 0 Å². The molecule has 1 rings (SSSR count). The van der Waals surface area contributed by atoms with Gasteiger partial charge < -0.3 is 5.11 Å². The zero-order valence-corrected chi connectivity index (χ0v) is 4.78. The van der Waals surface area contributed by atoms with Crippen molar-refractivity contribution < 1.29 is 5.11 Å². The van der Waals surface area contributed by atoms with Crippen LogP contribution in [0.5, 0.6) is 0 Å². The van der Waals surface area contributed by atoms with E-state index in [0.717, 1.165) is 12.8 Å². The van der Waals surface area contributed by atoms with E-state index in [9.17, 15) is 5.11 Å². The molecular formula is C6H13KO. The maximum absolute atomic E-state index is 9.19. The number of rotatable bonds is 0. The Hall–Kier alpha value is 1.60. The summed E-state index contributed by atoms with van der Waals surface area (Å²) in [5.74, 6) is 0.